The van der Waals surface area contributed by atoms with Crippen LogP contribution in [0.5, 0.6) is 0 Å². The van der Waals surface area contributed by atoms with E-state index >= 15 is 0 Å². The van der Waals surface area contributed by atoms with Gasteiger partial charge in [0.05, 0.1) is 0 Å². The quantitative estimate of drug-likeness (QED) is 0.625. The van der Waals surface area contributed by atoms with Gasteiger partial charge in [0.2, 0.25) is 0 Å². The van der Waals surface area contributed by atoms with Crippen LogP contribution in [0.2, 0.25) is 0 Å². The van der Waals surface area contributed by atoms with Gasteiger partial charge in [0.15, 0.2) is 6.67 Å². The van der Waals surface area contributed by atoms with Crippen LogP contribution in [0.3, 0.4) is 0 Å². The normalized spacial score (nSPS) is 33.4. The molecule has 0 bridgehead atoms. The third kappa shape index (κ3) is 3.55. The average molecular weight is 387 g/mol. The second-order valence-electron chi connectivity index (χ2n) is 9.04. The molecule has 2 heterocycles. The first-order chi connectivity index (χ1) is 13.5. The smallest absolute Gasteiger partial charge is 0.323 e. The zero-order valence-electron chi connectivity index (χ0n) is 17.2. The third-order valence-electron chi connectivity index (χ3n) is 7.25. The van der Waals surface area contributed by atoms with Crippen molar-refractivity contribution in [2.75, 3.05) is 32.8 Å². The molecule has 1 aliphatic carbocycles. The maximum Gasteiger partial charge on any atom is 0.329 e. The summed E-state index contributed by atoms with van der Waals surface area (Å²) in [7, 11) is 0. The highest BCUT2D eigenvalue weighted by molar-refractivity contribution is 6.07. The van der Waals surface area contributed by atoms with E-state index in [1.165, 1.54) is 20.9 Å². The summed E-state index contributed by atoms with van der Waals surface area (Å²) in [6.07, 6.45) is 3.99. The van der Waals surface area contributed by atoms with Gasteiger partial charge in [0.25, 0.3) is 5.91 Å². The van der Waals surface area contributed by atoms with E-state index in [-0.39, 0.29) is 17.9 Å². The fourth-order valence-corrected chi connectivity index (χ4v) is 5.23. The van der Waals surface area contributed by atoms with Crippen LogP contribution in [-0.2, 0) is 11.3 Å². The molecule has 6 nitrogen and oxygen atoms in total. The van der Waals surface area contributed by atoms with Gasteiger partial charge in [-0.25, -0.2) is 9.69 Å². The number of hydrogen-bond donors (Lipinski definition) is 3. The van der Waals surface area contributed by atoms with Crippen LogP contribution in [0.1, 0.15) is 43.7 Å². The fourth-order valence-electron chi connectivity index (χ4n) is 5.23. The number of aryl methyl sites for hydroxylation is 1. The SMILES string of the molecule is Cc1ccccc1C[NH+]1CC[NH+](CN2C(=O)N[C@@]3(CCCC[C@@H]3C)C2=O)CC1. The Balaban J connectivity index is 1.33. The van der Waals surface area contributed by atoms with Gasteiger partial charge < -0.3 is 15.1 Å². The van der Waals surface area contributed by atoms with E-state index in [4.69, 9.17) is 0 Å². The third-order valence-corrected chi connectivity index (χ3v) is 7.25. The maximum atomic E-state index is 13.1. The summed E-state index contributed by atoms with van der Waals surface area (Å²) in [4.78, 5) is 30.2. The topological polar surface area (TPSA) is 58.3 Å². The number of benzene rings is 1. The summed E-state index contributed by atoms with van der Waals surface area (Å²) < 4.78 is 0. The van der Waals surface area contributed by atoms with Gasteiger partial charge in [-0.2, -0.15) is 0 Å². The number of piperazine rings is 1. The Kier molecular flexibility index (Phi) is 5.43. The molecule has 1 saturated carbocycles. The number of amides is 3. The Labute approximate surface area is 167 Å². The minimum Gasteiger partial charge on any atom is -0.323 e. The molecule has 3 aliphatic rings. The second-order valence-corrected chi connectivity index (χ2v) is 9.04. The number of nitrogens with zero attached hydrogens (tertiary/aromatic N) is 1. The first kappa shape index (κ1) is 19.4. The Morgan fingerprint density at radius 2 is 1.82 bits per heavy atom. The molecule has 28 heavy (non-hydrogen) atoms. The number of rotatable bonds is 4. The summed E-state index contributed by atoms with van der Waals surface area (Å²) in [6, 6.07) is 8.42. The van der Waals surface area contributed by atoms with Crippen molar-refractivity contribution in [2.24, 2.45) is 5.92 Å². The van der Waals surface area contributed by atoms with Crippen LogP contribution in [0.15, 0.2) is 24.3 Å². The number of nitrogens with one attached hydrogen (secondary N) is 3. The van der Waals surface area contributed by atoms with Crippen molar-refractivity contribution in [2.45, 2.75) is 51.6 Å². The number of imide groups is 1. The highest BCUT2D eigenvalue weighted by atomic mass is 16.2. The number of carbonyl (C=O) groups excluding carboxylic acids is 2. The van der Waals surface area contributed by atoms with Crippen molar-refractivity contribution in [1.82, 2.24) is 10.2 Å². The van der Waals surface area contributed by atoms with Crippen molar-refractivity contribution in [3.63, 3.8) is 0 Å². The minimum absolute atomic E-state index is 0.0203. The van der Waals surface area contributed by atoms with Crippen molar-refractivity contribution in [1.29, 1.82) is 0 Å². The van der Waals surface area contributed by atoms with E-state index < -0.39 is 5.54 Å². The van der Waals surface area contributed by atoms with Crippen molar-refractivity contribution >= 4 is 11.9 Å². The van der Waals surface area contributed by atoms with Gasteiger partial charge in [0, 0.05) is 5.56 Å². The van der Waals surface area contributed by atoms with Crippen LogP contribution < -0.4 is 15.1 Å². The fraction of sp³-hybridized carbons (Fsp3) is 0.636. The zero-order valence-corrected chi connectivity index (χ0v) is 17.2. The van der Waals surface area contributed by atoms with Crippen LogP contribution in [0.25, 0.3) is 0 Å². The first-order valence-electron chi connectivity index (χ1n) is 10.9. The Morgan fingerprint density at radius 1 is 1.11 bits per heavy atom. The van der Waals surface area contributed by atoms with Crippen LogP contribution in [-0.4, -0.2) is 55.2 Å². The van der Waals surface area contributed by atoms with E-state index in [0.29, 0.717) is 6.67 Å². The number of carbonyl (C=O) groups is 2. The molecule has 6 heteroatoms. The average Bonchev–Trinajstić information content (AvgIpc) is 2.92. The van der Waals surface area contributed by atoms with Gasteiger partial charge in [-0.05, 0) is 31.2 Å². The summed E-state index contributed by atoms with van der Waals surface area (Å²) in [6.45, 7) is 10.0. The molecule has 152 valence electrons. The molecule has 4 rings (SSSR count). The predicted molar refractivity (Wildman–Crippen MR) is 107 cm³/mol. The second kappa shape index (κ2) is 7.84. The lowest BCUT2D eigenvalue weighted by molar-refractivity contribution is -1.02. The molecular formula is C22H34N4O2+2. The van der Waals surface area contributed by atoms with E-state index in [0.717, 1.165) is 58.4 Å². The molecule has 2 aliphatic heterocycles. The molecule has 3 fully saturated rings. The van der Waals surface area contributed by atoms with E-state index in [1.54, 1.807) is 4.90 Å². The molecule has 3 amide bonds. The molecule has 3 N–H and O–H groups in total. The van der Waals surface area contributed by atoms with Crippen molar-refractivity contribution in [3.05, 3.63) is 35.4 Å². The highest BCUT2D eigenvalue weighted by Gasteiger charge is 2.55. The minimum atomic E-state index is -0.632. The summed E-state index contributed by atoms with van der Waals surface area (Å²) in [5, 5.41) is 3.08. The van der Waals surface area contributed by atoms with Gasteiger partial charge in [-0.1, -0.05) is 44.0 Å². The lowest BCUT2D eigenvalue weighted by atomic mass is 9.73. The van der Waals surface area contributed by atoms with Gasteiger partial charge in [0.1, 0.15) is 38.3 Å². The van der Waals surface area contributed by atoms with Crippen LogP contribution in [0, 0.1) is 12.8 Å². The van der Waals surface area contributed by atoms with Crippen molar-refractivity contribution in [3.8, 4) is 0 Å². The Morgan fingerprint density at radius 3 is 2.54 bits per heavy atom. The summed E-state index contributed by atoms with van der Waals surface area (Å²) in [5.41, 5.74) is 2.14. The summed E-state index contributed by atoms with van der Waals surface area (Å²) in [5.74, 6) is 0.250. The molecule has 2 saturated heterocycles. The Bertz CT molecular complexity index is 744. The van der Waals surface area contributed by atoms with Gasteiger partial charge in [-0.3, -0.25) is 4.79 Å². The molecular weight excluding hydrogens is 352 g/mol. The van der Waals surface area contributed by atoms with E-state index in [2.05, 4.69) is 43.4 Å². The molecule has 0 aromatic heterocycles. The van der Waals surface area contributed by atoms with Gasteiger partial charge >= 0.3 is 6.03 Å². The zero-order chi connectivity index (χ0) is 19.7. The molecule has 0 unspecified atom stereocenters. The number of urea groups is 1. The van der Waals surface area contributed by atoms with Gasteiger partial charge in [-0.15, -0.1) is 0 Å². The molecule has 2 atom stereocenters. The molecule has 1 aromatic rings. The molecule has 1 spiro atoms. The van der Waals surface area contributed by atoms with Crippen molar-refractivity contribution < 1.29 is 19.4 Å². The number of quaternary nitrogens is 2. The predicted octanol–water partition coefficient (Wildman–Crippen LogP) is -0.263. The number of hydrogen-bond acceptors (Lipinski definition) is 2. The molecule has 1 aromatic carbocycles. The summed E-state index contributed by atoms with van der Waals surface area (Å²) >= 11 is 0. The van der Waals surface area contributed by atoms with Crippen LogP contribution >= 0.6 is 0 Å². The maximum absolute atomic E-state index is 13.1. The molecule has 0 radical (unpaired) electrons. The monoisotopic (exact) mass is 386 g/mol. The Hall–Kier alpha value is -1.92. The lowest BCUT2D eigenvalue weighted by Crippen LogP contribution is -3.28. The lowest BCUT2D eigenvalue weighted by Gasteiger charge is -2.37. The van der Waals surface area contributed by atoms with Crippen LogP contribution in [0.4, 0.5) is 4.79 Å². The van der Waals surface area contributed by atoms with E-state index in [1.807, 2.05) is 0 Å². The van der Waals surface area contributed by atoms with E-state index in [9.17, 15) is 9.59 Å². The largest absolute Gasteiger partial charge is 0.329 e. The first-order valence-corrected chi connectivity index (χ1v) is 10.9. The standard InChI is InChI=1S/C22H32N4O2/c1-17-7-3-4-9-19(17)15-24-11-13-25(14-12-24)16-26-20(27)22(23-21(26)28)10-6-5-8-18(22)2/h3-4,7,9,18H,5-6,8,10-16H2,1-2H3,(H,23,28)/p+2/t18-,22+/m0/s1. The highest BCUT2D eigenvalue weighted by Crippen LogP contribution is 2.37.